The highest BCUT2D eigenvalue weighted by Gasteiger charge is 2.20. The fraction of sp³-hybridized carbons (Fsp3) is 0.444. The smallest absolute Gasteiger partial charge is 0.302 e. The second-order valence-electron chi connectivity index (χ2n) is 5.31. The Kier molecular flexibility index (Phi) is 8.10. The summed E-state index contributed by atoms with van der Waals surface area (Å²) in [6.45, 7) is 3.57. The Labute approximate surface area is 127 Å². The van der Waals surface area contributed by atoms with E-state index in [2.05, 4.69) is 19.1 Å². The number of rotatable bonds is 9. The monoisotopic (exact) mass is 288 g/mol. The number of hydrogen-bond acceptors (Lipinski definition) is 3. The summed E-state index contributed by atoms with van der Waals surface area (Å²) >= 11 is 0. The van der Waals surface area contributed by atoms with E-state index in [0.717, 1.165) is 32.0 Å². The SMILES string of the molecule is CC(=O)O[C@H](CCC/C=C/C=O)[C@H](C)Cc1ccccc1. The van der Waals surface area contributed by atoms with Crippen LogP contribution in [0.5, 0.6) is 0 Å². The van der Waals surface area contributed by atoms with Crippen LogP contribution in [0.4, 0.5) is 0 Å². The van der Waals surface area contributed by atoms with Gasteiger partial charge in [-0.2, -0.15) is 0 Å². The maximum atomic E-state index is 11.3. The lowest BCUT2D eigenvalue weighted by Crippen LogP contribution is -2.25. The Balaban J connectivity index is 2.52. The third kappa shape index (κ3) is 7.45. The van der Waals surface area contributed by atoms with Crippen molar-refractivity contribution in [2.75, 3.05) is 0 Å². The lowest BCUT2D eigenvalue weighted by atomic mass is 9.92. The van der Waals surface area contributed by atoms with Crippen LogP contribution in [0, 0.1) is 5.92 Å². The first kappa shape index (κ1) is 17.2. The first-order chi connectivity index (χ1) is 10.1. The Hall–Kier alpha value is -1.90. The van der Waals surface area contributed by atoms with Gasteiger partial charge in [-0.15, -0.1) is 0 Å². The van der Waals surface area contributed by atoms with Crippen molar-refractivity contribution in [1.29, 1.82) is 0 Å². The summed E-state index contributed by atoms with van der Waals surface area (Å²) in [6.07, 6.45) is 7.50. The summed E-state index contributed by atoms with van der Waals surface area (Å²) in [4.78, 5) is 21.5. The molecule has 0 bridgehead atoms. The normalized spacial score (nSPS) is 13.8. The lowest BCUT2D eigenvalue weighted by Gasteiger charge is -2.23. The van der Waals surface area contributed by atoms with Crippen molar-refractivity contribution in [1.82, 2.24) is 0 Å². The van der Waals surface area contributed by atoms with Crippen molar-refractivity contribution >= 4 is 12.3 Å². The van der Waals surface area contributed by atoms with E-state index in [1.807, 2.05) is 24.3 Å². The number of ether oxygens (including phenoxy) is 1. The summed E-state index contributed by atoms with van der Waals surface area (Å²) in [5.74, 6) is 0.0368. The van der Waals surface area contributed by atoms with Gasteiger partial charge in [-0.25, -0.2) is 0 Å². The molecule has 3 heteroatoms. The van der Waals surface area contributed by atoms with E-state index >= 15 is 0 Å². The molecule has 0 aromatic heterocycles. The number of aldehydes is 1. The highest BCUT2D eigenvalue weighted by molar-refractivity contribution is 5.66. The molecule has 0 aliphatic heterocycles. The number of carbonyl (C=O) groups is 2. The fourth-order valence-corrected chi connectivity index (χ4v) is 2.38. The van der Waals surface area contributed by atoms with E-state index in [9.17, 15) is 9.59 Å². The second-order valence-corrected chi connectivity index (χ2v) is 5.31. The first-order valence-electron chi connectivity index (χ1n) is 7.45. The molecule has 21 heavy (non-hydrogen) atoms. The number of esters is 1. The molecule has 0 amide bonds. The number of unbranched alkanes of at least 4 members (excludes halogenated alkanes) is 1. The van der Waals surface area contributed by atoms with Gasteiger partial charge in [0.05, 0.1) is 0 Å². The van der Waals surface area contributed by atoms with Gasteiger partial charge < -0.3 is 4.74 Å². The summed E-state index contributed by atoms with van der Waals surface area (Å²) in [5.41, 5.74) is 1.25. The van der Waals surface area contributed by atoms with Crippen molar-refractivity contribution in [2.45, 2.75) is 45.6 Å². The molecule has 0 fully saturated rings. The quantitative estimate of drug-likeness (QED) is 0.301. The van der Waals surface area contributed by atoms with Gasteiger partial charge in [0, 0.05) is 6.92 Å². The zero-order valence-electron chi connectivity index (χ0n) is 12.8. The molecular formula is C18H24O3. The predicted molar refractivity (Wildman–Crippen MR) is 83.9 cm³/mol. The van der Waals surface area contributed by atoms with Crippen molar-refractivity contribution in [2.24, 2.45) is 5.92 Å². The standard InChI is InChI=1S/C18H24O3/c1-15(14-17-10-6-5-7-11-17)18(21-16(2)20)12-8-3-4-9-13-19/h4-7,9-11,13,15,18H,3,8,12,14H2,1-2H3/b9-4+/t15-,18-/m1/s1. The summed E-state index contributed by atoms with van der Waals surface area (Å²) < 4.78 is 5.46. The molecule has 2 atom stereocenters. The fourth-order valence-electron chi connectivity index (χ4n) is 2.38. The van der Waals surface area contributed by atoms with Crippen molar-refractivity contribution in [3.8, 4) is 0 Å². The molecule has 0 saturated carbocycles. The molecule has 0 saturated heterocycles. The van der Waals surface area contributed by atoms with Crippen LogP contribution in [0.1, 0.15) is 38.7 Å². The van der Waals surface area contributed by atoms with Crippen molar-refractivity contribution < 1.29 is 14.3 Å². The molecular weight excluding hydrogens is 264 g/mol. The summed E-state index contributed by atoms with van der Waals surface area (Å²) in [6, 6.07) is 10.2. The average molecular weight is 288 g/mol. The second kappa shape index (κ2) is 9.92. The van der Waals surface area contributed by atoms with E-state index in [-0.39, 0.29) is 18.0 Å². The molecule has 0 N–H and O–H groups in total. The molecule has 114 valence electrons. The Morgan fingerprint density at radius 1 is 1.29 bits per heavy atom. The van der Waals surface area contributed by atoms with Crippen LogP contribution in [-0.4, -0.2) is 18.4 Å². The van der Waals surface area contributed by atoms with Gasteiger partial charge in [0.25, 0.3) is 0 Å². The third-order valence-electron chi connectivity index (χ3n) is 3.43. The molecule has 3 nitrogen and oxygen atoms in total. The Morgan fingerprint density at radius 3 is 2.62 bits per heavy atom. The summed E-state index contributed by atoms with van der Waals surface area (Å²) in [5, 5.41) is 0. The van der Waals surface area contributed by atoms with Gasteiger partial charge in [0.2, 0.25) is 0 Å². The zero-order valence-corrected chi connectivity index (χ0v) is 12.8. The minimum Gasteiger partial charge on any atom is -0.462 e. The third-order valence-corrected chi connectivity index (χ3v) is 3.43. The molecule has 0 aliphatic carbocycles. The minimum atomic E-state index is -0.233. The summed E-state index contributed by atoms with van der Waals surface area (Å²) in [7, 11) is 0. The van der Waals surface area contributed by atoms with Gasteiger partial charge in [0.1, 0.15) is 12.4 Å². The van der Waals surface area contributed by atoms with Gasteiger partial charge >= 0.3 is 5.97 Å². The Morgan fingerprint density at radius 2 is 2.00 bits per heavy atom. The van der Waals surface area contributed by atoms with Crippen LogP contribution < -0.4 is 0 Å². The van der Waals surface area contributed by atoms with Crippen LogP contribution in [0.25, 0.3) is 0 Å². The molecule has 1 aromatic carbocycles. The highest BCUT2D eigenvalue weighted by Crippen LogP contribution is 2.19. The van der Waals surface area contributed by atoms with E-state index in [1.165, 1.54) is 18.6 Å². The van der Waals surface area contributed by atoms with Gasteiger partial charge in [-0.1, -0.05) is 43.3 Å². The number of allylic oxidation sites excluding steroid dienone is 2. The molecule has 1 rings (SSSR count). The topological polar surface area (TPSA) is 43.4 Å². The van der Waals surface area contributed by atoms with Gasteiger partial charge in [0.15, 0.2) is 0 Å². The highest BCUT2D eigenvalue weighted by atomic mass is 16.5. The van der Waals surface area contributed by atoms with Crippen LogP contribution in [0.3, 0.4) is 0 Å². The maximum absolute atomic E-state index is 11.3. The van der Waals surface area contributed by atoms with Crippen LogP contribution in [-0.2, 0) is 20.7 Å². The molecule has 0 heterocycles. The molecule has 0 unspecified atom stereocenters. The Bertz CT molecular complexity index is 451. The largest absolute Gasteiger partial charge is 0.462 e. The number of hydrogen-bond donors (Lipinski definition) is 0. The molecule has 0 spiro atoms. The maximum Gasteiger partial charge on any atom is 0.302 e. The van der Waals surface area contributed by atoms with E-state index in [0.29, 0.717) is 0 Å². The number of benzene rings is 1. The molecule has 0 radical (unpaired) electrons. The number of carbonyl (C=O) groups excluding carboxylic acids is 2. The molecule has 0 aliphatic rings. The van der Waals surface area contributed by atoms with Crippen LogP contribution in [0.15, 0.2) is 42.5 Å². The molecule has 1 aromatic rings. The van der Waals surface area contributed by atoms with Crippen LogP contribution in [0.2, 0.25) is 0 Å². The van der Waals surface area contributed by atoms with E-state index in [4.69, 9.17) is 4.74 Å². The van der Waals surface area contributed by atoms with E-state index < -0.39 is 0 Å². The van der Waals surface area contributed by atoms with E-state index in [1.54, 1.807) is 0 Å². The average Bonchev–Trinajstić information content (AvgIpc) is 2.46. The van der Waals surface area contributed by atoms with Gasteiger partial charge in [-0.05, 0) is 43.2 Å². The predicted octanol–water partition coefficient (Wildman–Crippen LogP) is 3.72. The van der Waals surface area contributed by atoms with Crippen LogP contribution >= 0.6 is 0 Å². The lowest BCUT2D eigenvalue weighted by molar-refractivity contribution is -0.149. The first-order valence-corrected chi connectivity index (χ1v) is 7.45. The van der Waals surface area contributed by atoms with Crippen molar-refractivity contribution in [3.05, 3.63) is 48.0 Å². The minimum absolute atomic E-state index is 0.0765. The van der Waals surface area contributed by atoms with Gasteiger partial charge in [-0.3, -0.25) is 9.59 Å². The zero-order chi connectivity index (χ0) is 15.5. The van der Waals surface area contributed by atoms with Crippen molar-refractivity contribution in [3.63, 3.8) is 0 Å².